The number of rotatable bonds is 5. The standard InChI is InChI=1S/C28H45NO2/c1-4-5-6-8-19-13-21-23(29-3)20-9-12-28-22(30)16-24(2)10-7-11-27(31,17-24)26(28,15-20)18-25(21,28)14-19/h9,12,19-23,29-31H,4-8,10-11,13-18H2,1-3H3. The summed E-state index contributed by atoms with van der Waals surface area (Å²) in [5, 5.41) is 28.4. The first kappa shape index (κ1) is 21.2. The number of nitrogens with one attached hydrogen (secondary N) is 1. The van der Waals surface area contributed by atoms with Crippen LogP contribution in [0.4, 0.5) is 0 Å². The topological polar surface area (TPSA) is 52.5 Å². The predicted molar refractivity (Wildman–Crippen MR) is 125 cm³/mol. The van der Waals surface area contributed by atoms with Crippen molar-refractivity contribution in [2.45, 2.75) is 115 Å². The lowest BCUT2D eigenvalue weighted by Gasteiger charge is -2.76. The monoisotopic (exact) mass is 427 g/mol. The van der Waals surface area contributed by atoms with Gasteiger partial charge in [-0.2, -0.15) is 0 Å². The van der Waals surface area contributed by atoms with E-state index in [1.165, 1.54) is 44.9 Å². The van der Waals surface area contributed by atoms with Crippen LogP contribution in [0.25, 0.3) is 0 Å². The highest BCUT2D eigenvalue weighted by Crippen LogP contribution is 2.88. The summed E-state index contributed by atoms with van der Waals surface area (Å²) in [4.78, 5) is 0. The number of fused-ring (bicyclic) bond motifs is 2. The molecule has 0 heterocycles. The van der Waals surface area contributed by atoms with Crippen molar-refractivity contribution in [3.8, 4) is 0 Å². The Morgan fingerprint density at radius 1 is 1.10 bits per heavy atom. The third-order valence-corrected chi connectivity index (χ3v) is 12.0. The average molecular weight is 428 g/mol. The molecule has 10 unspecified atom stereocenters. The molecule has 0 aromatic rings. The lowest BCUT2D eigenvalue weighted by Crippen LogP contribution is -2.76. The van der Waals surface area contributed by atoms with E-state index in [0.717, 1.165) is 44.4 Å². The molecule has 3 N–H and O–H groups in total. The van der Waals surface area contributed by atoms with Gasteiger partial charge >= 0.3 is 0 Å². The van der Waals surface area contributed by atoms with Crippen molar-refractivity contribution in [3.63, 3.8) is 0 Å². The van der Waals surface area contributed by atoms with Gasteiger partial charge in [0.15, 0.2) is 0 Å². The van der Waals surface area contributed by atoms with E-state index in [2.05, 4.69) is 38.4 Å². The molecule has 0 amide bonds. The fourth-order valence-electron chi connectivity index (χ4n) is 11.3. The fraction of sp³-hybridized carbons (Fsp3) is 0.929. The van der Waals surface area contributed by atoms with Crippen molar-refractivity contribution in [1.82, 2.24) is 5.32 Å². The number of aliphatic hydroxyl groups excluding tert-OH is 1. The maximum atomic E-state index is 12.4. The largest absolute Gasteiger partial charge is 0.392 e. The molecule has 0 radical (unpaired) electrons. The van der Waals surface area contributed by atoms with Gasteiger partial charge in [0.1, 0.15) is 0 Å². The molecular weight excluding hydrogens is 382 g/mol. The smallest absolute Gasteiger partial charge is 0.0718 e. The van der Waals surface area contributed by atoms with Crippen LogP contribution in [-0.2, 0) is 0 Å². The second-order valence-electron chi connectivity index (χ2n) is 13.3. The van der Waals surface area contributed by atoms with Crippen LogP contribution >= 0.6 is 0 Å². The zero-order valence-electron chi connectivity index (χ0n) is 20.1. The summed E-state index contributed by atoms with van der Waals surface area (Å²) in [5.74, 6) is 1.95. The highest BCUT2D eigenvalue weighted by atomic mass is 16.3. The average Bonchev–Trinajstić information content (AvgIpc) is 2.94. The Bertz CT molecular complexity index is 781. The van der Waals surface area contributed by atoms with Crippen molar-refractivity contribution in [3.05, 3.63) is 12.2 Å². The molecule has 3 heteroatoms. The zero-order valence-corrected chi connectivity index (χ0v) is 20.1. The van der Waals surface area contributed by atoms with Gasteiger partial charge < -0.3 is 15.5 Å². The predicted octanol–water partition coefficient (Wildman–Crippen LogP) is 5.21. The molecule has 6 bridgehead atoms. The molecule has 8 aliphatic carbocycles. The minimum Gasteiger partial charge on any atom is -0.392 e. The number of unbranched alkanes of at least 4 members (excludes halogenated alkanes) is 2. The zero-order chi connectivity index (χ0) is 21.7. The van der Waals surface area contributed by atoms with Crippen LogP contribution in [0.15, 0.2) is 12.2 Å². The van der Waals surface area contributed by atoms with Gasteiger partial charge in [-0.25, -0.2) is 0 Å². The first-order chi connectivity index (χ1) is 14.8. The van der Waals surface area contributed by atoms with Gasteiger partial charge in [0.05, 0.1) is 11.7 Å². The molecular formula is C28H45NO2. The van der Waals surface area contributed by atoms with Crippen molar-refractivity contribution in [1.29, 1.82) is 0 Å². The Hall–Kier alpha value is -0.380. The molecule has 6 fully saturated rings. The van der Waals surface area contributed by atoms with E-state index in [1.54, 1.807) is 0 Å². The summed E-state index contributed by atoms with van der Waals surface area (Å²) in [6.45, 7) is 4.67. The van der Waals surface area contributed by atoms with E-state index in [1.807, 2.05) is 0 Å². The van der Waals surface area contributed by atoms with Crippen LogP contribution in [-0.4, -0.2) is 35.0 Å². The lowest BCUT2D eigenvalue weighted by atomic mass is 9.28. The van der Waals surface area contributed by atoms with Crippen molar-refractivity contribution < 1.29 is 10.2 Å². The SMILES string of the molecule is CCCCCC1CC2C(NC)C3C=CC45C(O)CC6(C)CCCC(O)(C6)C4(C3)CC25C1. The van der Waals surface area contributed by atoms with Gasteiger partial charge in [0, 0.05) is 16.9 Å². The van der Waals surface area contributed by atoms with E-state index in [9.17, 15) is 10.2 Å². The second kappa shape index (κ2) is 6.60. The lowest BCUT2D eigenvalue weighted by molar-refractivity contribution is -0.315. The third kappa shape index (κ3) is 2.32. The van der Waals surface area contributed by atoms with Crippen LogP contribution in [0.2, 0.25) is 0 Å². The quantitative estimate of drug-likeness (QED) is 0.417. The van der Waals surface area contributed by atoms with Crippen molar-refractivity contribution in [2.75, 3.05) is 7.05 Å². The molecule has 8 aliphatic rings. The van der Waals surface area contributed by atoms with E-state index in [4.69, 9.17) is 0 Å². The first-order valence-corrected chi connectivity index (χ1v) is 13.6. The van der Waals surface area contributed by atoms with Gasteiger partial charge in [0.25, 0.3) is 0 Å². The van der Waals surface area contributed by atoms with Crippen LogP contribution < -0.4 is 5.32 Å². The summed E-state index contributed by atoms with van der Waals surface area (Å²) in [6.07, 6.45) is 19.9. The number of aliphatic hydroxyl groups is 2. The first-order valence-electron chi connectivity index (χ1n) is 13.6. The van der Waals surface area contributed by atoms with Crippen molar-refractivity contribution >= 4 is 0 Å². The molecule has 0 aromatic carbocycles. The van der Waals surface area contributed by atoms with Crippen molar-refractivity contribution in [2.24, 2.45) is 39.4 Å². The maximum Gasteiger partial charge on any atom is 0.0718 e. The summed E-state index contributed by atoms with van der Waals surface area (Å²) in [6, 6.07) is 0.504. The van der Waals surface area contributed by atoms with Gasteiger partial charge in [-0.1, -0.05) is 58.1 Å². The van der Waals surface area contributed by atoms with Gasteiger partial charge in [-0.05, 0) is 87.0 Å². The Kier molecular flexibility index (Phi) is 4.51. The van der Waals surface area contributed by atoms with Crippen LogP contribution in [0.5, 0.6) is 0 Å². The molecule has 174 valence electrons. The molecule has 0 saturated heterocycles. The Morgan fingerprint density at radius 3 is 2.71 bits per heavy atom. The molecule has 31 heavy (non-hydrogen) atoms. The van der Waals surface area contributed by atoms with Gasteiger partial charge in [-0.3, -0.25) is 0 Å². The van der Waals surface area contributed by atoms with Gasteiger partial charge in [0.2, 0.25) is 0 Å². The summed E-state index contributed by atoms with van der Waals surface area (Å²) in [5.41, 5.74) is -0.640. The Labute approximate surface area is 189 Å². The Morgan fingerprint density at radius 2 is 1.94 bits per heavy atom. The minimum atomic E-state index is -0.598. The van der Waals surface area contributed by atoms with Crippen LogP contribution in [0, 0.1) is 39.4 Å². The molecule has 3 spiro atoms. The third-order valence-electron chi connectivity index (χ3n) is 12.0. The number of hydrogen-bond acceptors (Lipinski definition) is 3. The molecule has 0 aliphatic heterocycles. The highest BCUT2D eigenvalue weighted by Gasteiger charge is 2.86. The van der Waals surface area contributed by atoms with E-state index in [0.29, 0.717) is 17.9 Å². The molecule has 10 atom stereocenters. The van der Waals surface area contributed by atoms with E-state index >= 15 is 0 Å². The van der Waals surface area contributed by atoms with Crippen LogP contribution in [0.3, 0.4) is 0 Å². The maximum absolute atomic E-state index is 12.4. The van der Waals surface area contributed by atoms with Crippen LogP contribution in [0.1, 0.15) is 97.3 Å². The highest BCUT2D eigenvalue weighted by molar-refractivity contribution is 5.42. The molecule has 8 rings (SSSR count). The molecule has 3 nitrogen and oxygen atoms in total. The molecule has 0 aromatic heterocycles. The van der Waals surface area contributed by atoms with Gasteiger partial charge in [-0.15, -0.1) is 0 Å². The summed E-state index contributed by atoms with van der Waals surface area (Å²) >= 11 is 0. The summed E-state index contributed by atoms with van der Waals surface area (Å²) in [7, 11) is 2.17. The number of hydrogen-bond donors (Lipinski definition) is 3. The normalized spacial score (nSPS) is 58.8. The Balaban J connectivity index is 1.48. The minimum absolute atomic E-state index is 0.0921. The molecule has 6 saturated carbocycles. The summed E-state index contributed by atoms with van der Waals surface area (Å²) < 4.78 is 0. The van der Waals surface area contributed by atoms with E-state index < -0.39 is 5.60 Å². The van der Waals surface area contributed by atoms with E-state index in [-0.39, 0.29) is 27.8 Å². The fourth-order valence-corrected chi connectivity index (χ4v) is 11.3. The second-order valence-corrected chi connectivity index (χ2v) is 13.3.